The zero-order valence-corrected chi connectivity index (χ0v) is 13.0. The summed E-state index contributed by atoms with van der Waals surface area (Å²) in [4.78, 5) is 8.62. The van der Waals surface area contributed by atoms with Crippen LogP contribution in [0.15, 0.2) is 48.7 Å². The summed E-state index contributed by atoms with van der Waals surface area (Å²) in [6, 6.07) is 13.5. The molecule has 0 fully saturated rings. The van der Waals surface area contributed by atoms with Crippen LogP contribution in [-0.4, -0.2) is 9.97 Å². The first kappa shape index (κ1) is 14.0. The number of aromatic nitrogens is 2. The van der Waals surface area contributed by atoms with Crippen molar-refractivity contribution in [1.82, 2.24) is 9.97 Å². The van der Waals surface area contributed by atoms with E-state index in [1.54, 1.807) is 29.7 Å². The Morgan fingerprint density at radius 1 is 1.19 bits per heavy atom. The van der Waals surface area contributed by atoms with Crippen LogP contribution in [-0.2, 0) is 6.42 Å². The van der Waals surface area contributed by atoms with E-state index in [0.717, 1.165) is 27.7 Å². The highest BCUT2D eigenvalue weighted by atomic mass is 35.5. The van der Waals surface area contributed by atoms with Crippen molar-refractivity contribution >= 4 is 22.9 Å². The quantitative estimate of drug-likeness (QED) is 0.619. The number of nitrogens with zero attached hydrogens (tertiary/aromatic N) is 2. The third kappa shape index (κ3) is 3.23. The molecule has 0 bridgehead atoms. The molecule has 0 unspecified atom stereocenters. The molecule has 0 N–H and O–H groups in total. The van der Waals surface area contributed by atoms with Crippen molar-refractivity contribution in [3.8, 4) is 22.1 Å². The molecule has 106 valence electrons. The first-order valence-corrected chi connectivity index (χ1v) is 7.80. The third-order valence-corrected chi connectivity index (χ3v) is 4.18. The van der Waals surface area contributed by atoms with Crippen molar-refractivity contribution in [3.63, 3.8) is 0 Å². The first-order chi connectivity index (χ1) is 10.3. The maximum absolute atomic E-state index is 5.96. The molecule has 0 amide bonds. The predicted molar refractivity (Wildman–Crippen MR) is 86.2 cm³/mol. The van der Waals surface area contributed by atoms with E-state index in [1.165, 1.54) is 0 Å². The van der Waals surface area contributed by atoms with E-state index < -0.39 is 0 Å². The molecule has 5 heteroatoms. The normalized spacial score (nSPS) is 10.6. The Bertz CT molecular complexity index is 743. The Morgan fingerprint density at radius 3 is 2.71 bits per heavy atom. The van der Waals surface area contributed by atoms with Gasteiger partial charge in [-0.3, -0.25) is 0 Å². The van der Waals surface area contributed by atoms with E-state index in [4.69, 9.17) is 16.3 Å². The molecule has 21 heavy (non-hydrogen) atoms. The van der Waals surface area contributed by atoms with E-state index in [2.05, 4.69) is 16.9 Å². The molecular formula is C16H13ClN2OS. The molecular weight excluding hydrogens is 304 g/mol. The Labute approximate surface area is 132 Å². The molecule has 0 aliphatic heterocycles. The van der Waals surface area contributed by atoms with Crippen molar-refractivity contribution in [1.29, 1.82) is 0 Å². The molecule has 2 heterocycles. The van der Waals surface area contributed by atoms with Crippen molar-refractivity contribution in [2.24, 2.45) is 0 Å². The summed E-state index contributed by atoms with van der Waals surface area (Å²) in [5.41, 5.74) is 1.91. The third-order valence-electron chi connectivity index (χ3n) is 2.90. The molecule has 0 radical (unpaired) electrons. The van der Waals surface area contributed by atoms with Crippen LogP contribution in [0, 0.1) is 0 Å². The average Bonchev–Trinajstić information content (AvgIpc) is 2.91. The second kappa shape index (κ2) is 6.24. The molecule has 3 aromatic rings. The monoisotopic (exact) mass is 316 g/mol. The smallest absolute Gasteiger partial charge is 0.208 e. The summed E-state index contributed by atoms with van der Waals surface area (Å²) in [6.07, 6.45) is 2.51. The second-order valence-corrected chi connectivity index (χ2v) is 5.81. The van der Waals surface area contributed by atoms with Crippen LogP contribution in [0.1, 0.15) is 11.9 Å². The zero-order valence-electron chi connectivity index (χ0n) is 11.4. The topological polar surface area (TPSA) is 35.0 Å². The Kier molecular flexibility index (Phi) is 4.18. The van der Waals surface area contributed by atoms with Gasteiger partial charge < -0.3 is 4.74 Å². The van der Waals surface area contributed by atoms with Gasteiger partial charge in [-0.2, -0.15) is 0 Å². The predicted octanol–water partition coefficient (Wildman–Crippen LogP) is 5.21. The van der Waals surface area contributed by atoms with Gasteiger partial charge in [0.2, 0.25) is 5.06 Å². The van der Waals surface area contributed by atoms with E-state index in [1.807, 2.05) is 30.3 Å². The van der Waals surface area contributed by atoms with Gasteiger partial charge >= 0.3 is 0 Å². The van der Waals surface area contributed by atoms with Gasteiger partial charge in [-0.1, -0.05) is 60.2 Å². The number of ether oxygens (including phenoxy) is 1. The highest BCUT2D eigenvalue weighted by Crippen LogP contribution is 2.38. The lowest BCUT2D eigenvalue weighted by molar-refractivity contribution is 0.496. The highest BCUT2D eigenvalue weighted by molar-refractivity contribution is 7.14. The van der Waals surface area contributed by atoms with E-state index in [-0.39, 0.29) is 0 Å². The number of hydrogen-bond acceptors (Lipinski definition) is 4. The average molecular weight is 317 g/mol. The van der Waals surface area contributed by atoms with Gasteiger partial charge in [0.15, 0.2) is 0 Å². The molecule has 0 saturated carbocycles. The largest absolute Gasteiger partial charge is 0.444 e. The molecule has 3 rings (SSSR count). The minimum atomic E-state index is 0.411. The van der Waals surface area contributed by atoms with Crippen LogP contribution in [0.25, 0.3) is 11.3 Å². The molecule has 0 aliphatic carbocycles. The van der Waals surface area contributed by atoms with Gasteiger partial charge in [-0.25, -0.2) is 9.97 Å². The maximum atomic E-state index is 5.96. The van der Waals surface area contributed by atoms with Crippen LogP contribution >= 0.6 is 22.9 Å². The van der Waals surface area contributed by atoms with Gasteiger partial charge in [-0.15, -0.1) is 0 Å². The lowest BCUT2D eigenvalue weighted by atomic mass is 10.2. The van der Waals surface area contributed by atoms with E-state index in [9.17, 15) is 0 Å². The molecule has 1 aromatic carbocycles. The molecule has 2 aromatic heterocycles. The minimum Gasteiger partial charge on any atom is -0.444 e. The fourth-order valence-corrected chi connectivity index (χ4v) is 2.96. The summed E-state index contributed by atoms with van der Waals surface area (Å²) in [7, 11) is 0. The van der Waals surface area contributed by atoms with Crippen LogP contribution < -0.4 is 4.74 Å². The van der Waals surface area contributed by atoms with Crippen molar-refractivity contribution in [2.45, 2.75) is 13.3 Å². The Balaban J connectivity index is 2.00. The Hall–Kier alpha value is -1.91. The lowest BCUT2D eigenvalue weighted by Crippen LogP contribution is -1.86. The second-order valence-electron chi connectivity index (χ2n) is 4.38. The van der Waals surface area contributed by atoms with Crippen molar-refractivity contribution in [2.75, 3.05) is 0 Å². The standard InChI is InChI=1S/C16H13ClN2OS/c1-2-14-19-15(11-6-4-3-5-7-11)16(21-14)20-12-8-9-18-13(17)10-12/h3-10H,2H2,1H3. The molecule has 0 saturated heterocycles. The van der Waals surface area contributed by atoms with Gasteiger partial charge in [-0.05, 0) is 12.5 Å². The fourth-order valence-electron chi connectivity index (χ4n) is 1.90. The van der Waals surface area contributed by atoms with Gasteiger partial charge in [0, 0.05) is 17.8 Å². The SMILES string of the molecule is CCc1nc(-c2ccccc2)c(Oc2ccnc(Cl)c2)s1. The van der Waals surface area contributed by atoms with E-state index >= 15 is 0 Å². The number of hydrogen-bond donors (Lipinski definition) is 0. The fraction of sp³-hybridized carbons (Fsp3) is 0.125. The molecule has 0 atom stereocenters. The van der Waals surface area contributed by atoms with Crippen LogP contribution in [0.2, 0.25) is 5.15 Å². The number of thiazole rings is 1. The van der Waals surface area contributed by atoms with Gasteiger partial charge in [0.25, 0.3) is 0 Å². The number of aryl methyl sites for hydroxylation is 1. The molecule has 0 spiro atoms. The summed E-state index contributed by atoms with van der Waals surface area (Å²) in [5, 5.41) is 2.23. The Morgan fingerprint density at radius 2 is 2.00 bits per heavy atom. The van der Waals surface area contributed by atoms with Crippen molar-refractivity contribution < 1.29 is 4.74 Å². The number of rotatable bonds is 4. The maximum Gasteiger partial charge on any atom is 0.208 e. The number of pyridine rings is 1. The zero-order chi connectivity index (χ0) is 14.7. The van der Waals surface area contributed by atoms with Gasteiger partial charge in [0.05, 0.1) is 5.01 Å². The molecule has 3 nitrogen and oxygen atoms in total. The number of halogens is 1. The minimum absolute atomic E-state index is 0.411. The highest BCUT2D eigenvalue weighted by Gasteiger charge is 2.14. The van der Waals surface area contributed by atoms with Gasteiger partial charge in [0.1, 0.15) is 16.6 Å². The lowest BCUT2D eigenvalue weighted by Gasteiger charge is -2.05. The molecule has 0 aliphatic rings. The summed E-state index contributed by atoms with van der Waals surface area (Å²) < 4.78 is 5.96. The van der Waals surface area contributed by atoms with E-state index in [0.29, 0.717) is 10.9 Å². The first-order valence-electron chi connectivity index (χ1n) is 6.61. The summed E-state index contributed by atoms with van der Waals surface area (Å²) in [5.74, 6) is 0.665. The van der Waals surface area contributed by atoms with Crippen LogP contribution in [0.5, 0.6) is 10.8 Å². The van der Waals surface area contributed by atoms with Crippen LogP contribution in [0.3, 0.4) is 0 Å². The van der Waals surface area contributed by atoms with Crippen LogP contribution in [0.4, 0.5) is 0 Å². The van der Waals surface area contributed by atoms with Crippen molar-refractivity contribution in [3.05, 3.63) is 58.8 Å². The summed E-state index contributed by atoms with van der Waals surface area (Å²) >= 11 is 7.46. The number of benzene rings is 1. The summed E-state index contributed by atoms with van der Waals surface area (Å²) in [6.45, 7) is 2.08.